The third-order valence-electron chi connectivity index (χ3n) is 2.94. The van der Waals surface area contributed by atoms with Crippen LogP contribution in [0.25, 0.3) is 0 Å². The van der Waals surface area contributed by atoms with Crippen molar-refractivity contribution in [3.05, 3.63) is 42.5 Å². The second-order valence-electron chi connectivity index (χ2n) is 5.98. The van der Waals surface area contributed by atoms with Gasteiger partial charge in [-0.15, -0.1) is 10.2 Å². The van der Waals surface area contributed by atoms with Gasteiger partial charge in [-0.25, -0.2) is 4.79 Å². The van der Waals surface area contributed by atoms with E-state index in [0.29, 0.717) is 11.6 Å². The molecular formula is C17H22N4O2. The summed E-state index contributed by atoms with van der Waals surface area (Å²) in [5, 5.41) is 10.8. The third kappa shape index (κ3) is 4.95. The van der Waals surface area contributed by atoms with Crippen LogP contribution in [0.5, 0.6) is 0 Å². The lowest BCUT2D eigenvalue weighted by Gasteiger charge is -2.22. The maximum atomic E-state index is 11.7. The zero-order chi connectivity index (χ0) is 16.9. The van der Waals surface area contributed by atoms with Crippen LogP contribution >= 0.6 is 0 Å². The Kier molecular flexibility index (Phi) is 5.16. The first-order valence-corrected chi connectivity index (χ1v) is 7.55. The molecule has 1 aromatic heterocycles. The van der Waals surface area contributed by atoms with Crippen molar-refractivity contribution in [1.82, 2.24) is 10.2 Å². The molecule has 0 aliphatic rings. The molecule has 6 nitrogen and oxygen atoms in total. The molecule has 23 heavy (non-hydrogen) atoms. The number of carbonyl (C=O) groups is 1. The van der Waals surface area contributed by atoms with Crippen LogP contribution in [-0.4, -0.2) is 28.4 Å². The van der Waals surface area contributed by atoms with Gasteiger partial charge in [0.2, 0.25) is 0 Å². The Morgan fingerprint density at radius 3 is 2.35 bits per heavy atom. The van der Waals surface area contributed by atoms with Crippen molar-refractivity contribution in [2.75, 3.05) is 16.8 Å². The summed E-state index contributed by atoms with van der Waals surface area (Å²) in [6.45, 7) is 8.22. The van der Waals surface area contributed by atoms with E-state index in [1.54, 1.807) is 26.8 Å². The molecule has 1 heterocycles. The van der Waals surface area contributed by atoms with Crippen LogP contribution < -0.4 is 10.2 Å². The van der Waals surface area contributed by atoms with Crippen LogP contribution in [0.15, 0.2) is 42.5 Å². The first-order chi connectivity index (χ1) is 10.9. The van der Waals surface area contributed by atoms with Gasteiger partial charge in [0, 0.05) is 12.2 Å². The largest absolute Gasteiger partial charge is 0.444 e. The maximum Gasteiger partial charge on any atom is 0.413 e. The van der Waals surface area contributed by atoms with Crippen molar-refractivity contribution in [3.8, 4) is 0 Å². The second-order valence-corrected chi connectivity index (χ2v) is 5.98. The Labute approximate surface area is 136 Å². The van der Waals surface area contributed by atoms with Gasteiger partial charge < -0.3 is 9.64 Å². The summed E-state index contributed by atoms with van der Waals surface area (Å²) in [6, 6.07) is 13.5. The first-order valence-electron chi connectivity index (χ1n) is 7.55. The summed E-state index contributed by atoms with van der Waals surface area (Å²) in [5.41, 5.74) is 0.487. The van der Waals surface area contributed by atoms with Gasteiger partial charge in [0.05, 0.1) is 0 Å². The fourth-order valence-electron chi connectivity index (χ4n) is 2.03. The van der Waals surface area contributed by atoms with Gasteiger partial charge in [-0.1, -0.05) is 18.2 Å². The minimum absolute atomic E-state index is 0.354. The summed E-state index contributed by atoms with van der Waals surface area (Å²) in [4.78, 5) is 13.7. The molecule has 0 fully saturated rings. The number of nitrogens with zero attached hydrogens (tertiary/aromatic N) is 3. The lowest BCUT2D eigenvalue weighted by Crippen LogP contribution is -2.27. The standard InChI is InChI=1S/C17H22N4O2/c1-5-21(13-9-7-6-8-10-13)15-12-11-14(19-20-15)18-16(22)23-17(2,3)4/h6-12H,5H2,1-4H3,(H,18,19,22). The number of ether oxygens (including phenoxy) is 1. The van der Waals surface area contributed by atoms with E-state index in [4.69, 9.17) is 4.74 Å². The van der Waals surface area contributed by atoms with Crippen LogP contribution in [0.3, 0.4) is 0 Å². The topological polar surface area (TPSA) is 67.4 Å². The molecule has 1 N–H and O–H groups in total. The van der Waals surface area contributed by atoms with Crippen molar-refractivity contribution in [2.24, 2.45) is 0 Å². The lowest BCUT2D eigenvalue weighted by atomic mass is 10.2. The molecule has 0 saturated carbocycles. The number of rotatable bonds is 4. The highest BCUT2D eigenvalue weighted by molar-refractivity contribution is 5.83. The third-order valence-corrected chi connectivity index (χ3v) is 2.94. The monoisotopic (exact) mass is 314 g/mol. The summed E-state index contributed by atoms with van der Waals surface area (Å²) in [7, 11) is 0. The number of benzene rings is 1. The maximum absolute atomic E-state index is 11.7. The smallest absolute Gasteiger partial charge is 0.413 e. The molecule has 0 spiro atoms. The quantitative estimate of drug-likeness (QED) is 0.924. The van der Waals surface area contributed by atoms with Crippen LogP contribution in [-0.2, 0) is 4.74 Å². The highest BCUT2D eigenvalue weighted by atomic mass is 16.6. The minimum atomic E-state index is -0.552. The molecule has 122 valence electrons. The highest BCUT2D eigenvalue weighted by Crippen LogP contribution is 2.22. The fraction of sp³-hybridized carbons (Fsp3) is 0.353. The van der Waals surface area contributed by atoms with Gasteiger partial charge in [0.1, 0.15) is 5.60 Å². The average molecular weight is 314 g/mol. The molecule has 0 bridgehead atoms. The Morgan fingerprint density at radius 1 is 1.13 bits per heavy atom. The molecule has 1 aromatic carbocycles. The van der Waals surface area contributed by atoms with E-state index in [0.717, 1.165) is 12.2 Å². The van der Waals surface area contributed by atoms with Crippen molar-refractivity contribution >= 4 is 23.4 Å². The van der Waals surface area contributed by atoms with Gasteiger partial charge in [-0.2, -0.15) is 0 Å². The number of aromatic nitrogens is 2. The van der Waals surface area contributed by atoms with E-state index in [-0.39, 0.29) is 0 Å². The Hall–Kier alpha value is -2.63. The zero-order valence-electron chi connectivity index (χ0n) is 13.9. The first kappa shape index (κ1) is 16.7. The summed E-state index contributed by atoms with van der Waals surface area (Å²) in [6.07, 6.45) is -0.546. The molecule has 0 radical (unpaired) electrons. The van der Waals surface area contributed by atoms with Crippen molar-refractivity contribution < 1.29 is 9.53 Å². The van der Waals surface area contributed by atoms with Crippen LogP contribution in [0.1, 0.15) is 27.7 Å². The normalized spacial score (nSPS) is 11.0. The van der Waals surface area contributed by atoms with E-state index >= 15 is 0 Å². The number of amides is 1. The van der Waals surface area contributed by atoms with E-state index in [9.17, 15) is 4.79 Å². The molecule has 0 atom stereocenters. The van der Waals surface area contributed by atoms with Crippen molar-refractivity contribution in [1.29, 1.82) is 0 Å². The number of anilines is 3. The summed E-state index contributed by atoms with van der Waals surface area (Å²) >= 11 is 0. The summed E-state index contributed by atoms with van der Waals surface area (Å²) < 4.78 is 5.18. The van der Waals surface area contributed by atoms with Crippen LogP contribution in [0.4, 0.5) is 22.1 Å². The van der Waals surface area contributed by atoms with E-state index < -0.39 is 11.7 Å². The van der Waals surface area contributed by atoms with Gasteiger partial charge >= 0.3 is 6.09 Å². The zero-order valence-corrected chi connectivity index (χ0v) is 13.9. The van der Waals surface area contributed by atoms with E-state index in [2.05, 4.69) is 15.5 Å². The molecule has 2 aromatic rings. The minimum Gasteiger partial charge on any atom is -0.444 e. The SMILES string of the molecule is CCN(c1ccccc1)c1ccc(NC(=O)OC(C)(C)C)nn1. The molecule has 2 rings (SSSR count). The highest BCUT2D eigenvalue weighted by Gasteiger charge is 2.17. The molecule has 1 amide bonds. The molecule has 6 heteroatoms. The van der Waals surface area contributed by atoms with Gasteiger partial charge in [0.15, 0.2) is 11.6 Å². The van der Waals surface area contributed by atoms with Crippen molar-refractivity contribution in [3.63, 3.8) is 0 Å². The molecule has 0 aliphatic heterocycles. The predicted octanol–water partition coefficient (Wildman–Crippen LogP) is 3.98. The van der Waals surface area contributed by atoms with Crippen molar-refractivity contribution in [2.45, 2.75) is 33.3 Å². The Balaban J connectivity index is 2.08. The average Bonchev–Trinajstić information content (AvgIpc) is 2.49. The molecule has 0 aliphatic carbocycles. The van der Waals surface area contributed by atoms with Crippen LogP contribution in [0, 0.1) is 0 Å². The van der Waals surface area contributed by atoms with Gasteiger partial charge in [-0.05, 0) is 52.0 Å². The number of para-hydroxylation sites is 1. The lowest BCUT2D eigenvalue weighted by molar-refractivity contribution is 0.0635. The van der Waals surface area contributed by atoms with E-state index in [1.165, 1.54) is 0 Å². The van der Waals surface area contributed by atoms with Gasteiger partial charge in [-0.3, -0.25) is 5.32 Å². The number of hydrogen-bond donors (Lipinski definition) is 1. The predicted molar refractivity (Wildman–Crippen MR) is 91.0 cm³/mol. The van der Waals surface area contributed by atoms with Gasteiger partial charge in [0.25, 0.3) is 0 Å². The fourth-order valence-corrected chi connectivity index (χ4v) is 2.03. The summed E-state index contributed by atoms with van der Waals surface area (Å²) in [5.74, 6) is 1.07. The Bertz CT molecular complexity index is 636. The molecule has 0 unspecified atom stereocenters. The number of nitrogens with one attached hydrogen (secondary N) is 1. The number of hydrogen-bond acceptors (Lipinski definition) is 5. The molecular weight excluding hydrogens is 292 g/mol. The Morgan fingerprint density at radius 2 is 1.83 bits per heavy atom. The van der Waals surface area contributed by atoms with E-state index in [1.807, 2.05) is 48.2 Å². The van der Waals surface area contributed by atoms with Crippen LogP contribution in [0.2, 0.25) is 0 Å². The second kappa shape index (κ2) is 7.09. The molecule has 0 saturated heterocycles. The number of carbonyl (C=O) groups excluding carboxylic acids is 1.